The number of rotatable bonds is 3. The van der Waals surface area contributed by atoms with E-state index >= 15 is 0 Å². The molecule has 0 saturated carbocycles. The van der Waals surface area contributed by atoms with Gasteiger partial charge in [0, 0.05) is 11.6 Å². The minimum atomic E-state index is -0.916. The van der Waals surface area contributed by atoms with Gasteiger partial charge in [0.15, 0.2) is 11.6 Å². The van der Waals surface area contributed by atoms with E-state index in [-0.39, 0.29) is 12.4 Å². The van der Waals surface area contributed by atoms with Crippen molar-refractivity contribution >= 4 is 17.0 Å². The van der Waals surface area contributed by atoms with Crippen LogP contribution < -0.4 is 4.74 Å². The molecule has 0 aliphatic heterocycles. The standard InChI is InChI=1S/C9H8ClFO3/c1-13-8-3-2-6(4-7(8)11)5-14-9(10)12/h2-4H,5H2,1H3. The average Bonchev–Trinajstić information content (AvgIpc) is 2.15. The van der Waals surface area contributed by atoms with Gasteiger partial charge in [-0.3, -0.25) is 0 Å². The van der Waals surface area contributed by atoms with Gasteiger partial charge in [-0.1, -0.05) is 6.07 Å². The zero-order chi connectivity index (χ0) is 10.6. The molecule has 0 aliphatic rings. The second kappa shape index (κ2) is 4.81. The highest BCUT2D eigenvalue weighted by molar-refractivity contribution is 6.61. The molecule has 0 amide bonds. The van der Waals surface area contributed by atoms with E-state index in [4.69, 9.17) is 16.3 Å². The fourth-order valence-corrected chi connectivity index (χ4v) is 0.994. The van der Waals surface area contributed by atoms with Gasteiger partial charge < -0.3 is 9.47 Å². The molecule has 0 heterocycles. The van der Waals surface area contributed by atoms with E-state index in [1.54, 1.807) is 6.07 Å². The van der Waals surface area contributed by atoms with Crippen molar-refractivity contribution in [2.24, 2.45) is 0 Å². The Hall–Kier alpha value is -1.29. The predicted molar refractivity (Wildman–Crippen MR) is 49.0 cm³/mol. The summed E-state index contributed by atoms with van der Waals surface area (Å²) in [6.07, 6.45) is 0. The summed E-state index contributed by atoms with van der Waals surface area (Å²) in [5.41, 5.74) is -0.404. The lowest BCUT2D eigenvalue weighted by atomic mass is 10.2. The second-order valence-electron chi connectivity index (χ2n) is 2.50. The van der Waals surface area contributed by atoms with Crippen molar-refractivity contribution in [3.05, 3.63) is 29.6 Å². The number of halogens is 2. The van der Waals surface area contributed by atoms with E-state index in [1.807, 2.05) is 0 Å². The Morgan fingerprint density at radius 2 is 2.29 bits per heavy atom. The minimum absolute atomic E-state index is 0.0523. The van der Waals surface area contributed by atoms with Crippen molar-refractivity contribution in [3.8, 4) is 5.75 Å². The molecule has 3 nitrogen and oxygen atoms in total. The molecule has 0 aliphatic carbocycles. The third-order valence-corrected chi connectivity index (χ3v) is 1.68. The van der Waals surface area contributed by atoms with Gasteiger partial charge in [-0.15, -0.1) is 0 Å². The highest BCUT2D eigenvalue weighted by Crippen LogP contribution is 2.18. The van der Waals surface area contributed by atoms with Crippen LogP contribution in [0, 0.1) is 5.82 Å². The van der Waals surface area contributed by atoms with Gasteiger partial charge in [0.25, 0.3) is 0 Å². The third kappa shape index (κ3) is 2.88. The van der Waals surface area contributed by atoms with Crippen LogP contribution in [0.25, 0.3) is 0 Å². The molecule has 0 aromatic heterocycles. The number of methoxy groups -OCH3 is 1. The molecule has 0 saturated heterocycles. The third-order valence-electron chi connectivity index (χ3n) is 1.57. The first-order chi connectivity index (χ1) is 6.63. The summed E-state index contributed by atoms with van der Waals surface area (Å²) in [7, 11) is 1.37. The first kappa shape index (κ1) is 10.8. The maximum atomic E-state index is 13.1. The van der Waals surface area contributed by atoms with Crippen molar-refractivity contribution < 1.29 is 18.7 Å². The lowest BCUT2D eigenvalue weighted by Gasteiger charge is -2.04. The van der Waals surface area contributed by atoms with E-state index in [9.17, 15) is 9.18 Å². The summed E-state index contributed by atoms with van der Waals surface area (Å²) >= 11 is 4.95. The van der Waals surface area contributed by atoms with Crippen molar-refractivity contribution in [3.63, 3.8) is 0 Å². The van der Waals surface area contributed by atoms with E-state index in [2.05, 4.69) is 4.74 Å². The maximum absolute atomic E-state index is 13.1. The van der Waals surface area contributed by atoms with Crippen LogP contribution in [0.2, 0.25) is 0 Å². The van der Waals surface area contributed by atoms with Gasteiger partial charge in [0.05, 0.1) is 7.11 Å². The number of carbonyl (C=O) groups excluding carboxylic acids is 1. The molecule has 0 spiro atoms. The molecule has 1 rings (SSSR count). The van der Waals surface area contributed by atoms with E-state index in [1.165, 1.54) is 19.2 Å². The van der Waals surface area contributed by atoms with Crippen molar-refractivity contribution in [1.29, 1.82) is 0 Å². The summed E-state index contributed by atoms with van der Waals surface area (Å²) in [4.78, 5) is 10.2. The van der Waals surface area contributed by atoms with Crippen LogP contribution in [0.5, 0.6) is 5.75 Å². The SMILES string of the molecule is COc1ccc(COC(=O)Cl)cc1F. The number of hydrogen-bond acceptors (Lipinski definition) is 3. The van der Waals surface area contributed by atoms with Gasteiger partial charge in [-0.05, 0) is 17.7 Å². The van der Waals surface area contributed by atoms with Gasteiger partial charge in [-0.2, -0.15) is 0 Å². The number of ether oxygens (including phenoxy) is 2. The molecule has 0 radical (unpaired) electrons. The Labute approximate surface area is 85.4 Å². The molecule has 1 aromatic carbocycles. The fourth-order valence-electron chi connectivity index (χ4n) is 0.940. The molecule has 0 atom stereocenters. The van der Waals surface area contributed by atoms with Crippen LogP contribution in [0.3, 0.4) is 0 Å². The van der Waals surface area contributed by atoms with Crippen LogP contribution in [0.1, 0.15) is 5.56 Å². The van der Waals surface area contributed by atoms with E-state index in [0.29, 0.717) is 5.56 Å². The first-order valence-electron chi connectivity index (χ1n) is 3.78. The summed E-state index contributed by atoms with van der Waals surface area (Å²) < 4.78 is 22.3. The quantitative estimate of drug-likeness (QED) is 0.732. The normalized spacial score (nSPS) is 9.64. The summed E-state index contributed by atoms with van der Waals surface area (Å²) in [6, 6.07) is 4.26. The molecule has 0 unspecified atom stereocenters. The first-order valence-corrected chi connectivity index (χ1v) is 4.16. The van der Waals surface area contributed by atoms with E-state index < -0.39 is 11.2 Å². The summed E-state index contributed by atoms with van der Waals surface area (Å²) in [6.45, 7) is -0.0523. The molecule has 5 heteroatoms. The topological polar surface area (TPSA) is 35.5 Å². The van der Waals surface area contributed by atoms with Crippen LogP contribution >= 0.6 is 11.6 Å². The Balaban J connectivity index is 2.71. The summed E-state index contributed by atoms with van der Waals surface area (Å²) in [5.74, 6) is -0.360. The fraction of sp³-hybridized carbons (Fsp3) is 0.222. The van der Waals surface area contributed by atoms with Crippen LogP contribution in [0.4, 0.5) is 9.18 Å². The predicted octanol–water partition coefficient (Wildman–Crippen LogP) is 2.71. The Morgan fingerprint density at radius 3 is 2.79 bits per heavy atom. The number of benzene rings is 1. The van der Waals surface area contributed by atoms with Gasteiger partial charge in [0.1, 0.15) is 6.61 Å². The lowest BCUT2D eigenvalue weighted by Crippen LogP contribution is -1.96. The molecule has 76 valence electrons. The molecular weight excluding hydrogens is 211 g/mol. The maximum Gasteiger partial charge on any atom is 0.404 e. The highest BCUT2D eigenvalue weighted by atomic mass is 35.5. The molecule has 14 heavy (non-hydrogen) atoms. The zero-order valence-electron chi connectivity index (χ0n) is 7.42. The Bertz CT molecular complexity index is 341. The second-order valence-corrected chi connectivity index (χ2v) is 2.80. The monoisotopic (exact) mass is 218 g/mol. The smallest absolute Gasteiger partial charge is 0.404 e. The zero-order valence-corrected chi connectivity index (χ0v) is 8.18. The average molecular weight is 219 g/mol. The lowest BCUT2D eigenvalue weighted by molar-refractivity contribution is 0.167. The largest absolute Gasteiger partial charge is 0.494 e. The number of carbonyl (C=O) groups is 1. The molecule has 0 N–H and O–H groups in total. The Morgan fingerprint density at radius 1 is 1.57 bits per heavy atom. The van der Waals surface area contributed by atoms with Crippen molar-refractivity contribution in [2.45, 2.75) is 6.61 Å². The highest BCUT2D eigenvalue weighted by Gasteiger charge is 2.04. The minimum Gasteiger partial charge on any atom is -0.494 e. The van der Waals surface area contributed by atoms with Gasteiger partial charge >= 0.3 is 5.43 Å². The molecule has 0 bridgehead atoms. The van der Waals surface area contributed by atoms with Gasteiger partial charge in [-0.25, -0.2) is 9.18 Å². The van der Waals surface area contributed by atoms with Crippen LogP contribution in [-0.4, -0.2) is 12.5 Å². The van der Waals surface area contributed by atoms with Gasteiger partial charge in [0.2, 0.25) is 0 Å². The summed E-state index contributed by atoms with van der Waals surface area (Å²) in [5, 5.41) is 0. The van der Waals surface area contributed by atoms with E-state index in [0.717, 1.165) is 0 Å². The molecule has 1 aromatic rings. The number of hydrogen-bond donors (Lipinski definition) is 0. The van der Waals surface area contributed by atoms with Crippen LogP contribution in [-0.2, 0) is 11.3 Å². The van der Waals surface area contributed by atoms with Crippen molar-refractivity contribution in [2.75, 3.05) is 7.11 Å². The molecule has 0 fully saturated rings. The van der Waals surface area contributed by atoms with Crippen molar-refractivity contribution in [1.82, 2.24) is 0 Å². The van der Waals surface area contributed by atoms with Crippen LogP contribution in [0.15, 0.2) is 18.2 Å². The Kier molecular flexibility index (Phi) is 3.71. The molecular formula is C9H8ClFO3.